The van der Waals surface area contributed by atoms with E-state index >= 15 is 0 Å². The molecule has 2 heterocycles. The first-order chi connectivity index (χ1) is 13.5. The Hall–Kier alpha value is -3.00. The summed E-state index contributed by atoms with van der Waals surface area (Å²) in [7, 11) is 0. The summed E-state index contributed by atoms with van der Waals surface area (Å²) in [6.45, 7) is 0.689. The number of anilines is 1. The maximum atomic E-state index is 12.0. The second kappa shape index (κ2) is 9.27. The second-order valence-corrected chi connectivity index (χ2v) is 7.27. The molecule has 1 aromatic carbocycles. The van der Waals surface area contributed by atoms with Crippen molar-refractivity contribution in [3.8, 4) is 0 Å². The van der Waals surface area contributed by atoms with E-state index in [0.717, 1.165) is 5.56 Å². The first-order valence-corrected chi connectivity index (χ1v) is 9.99. The molecule has 2 N–H and O–H groups in total. The summed E-state index contributed by atoms with van der Waals surface area (Å²) in [5.74, 6) is -0.559. The number of hydrogen-bond donors (Lipinski definition) is 2. The van der Waals surface area contributed by atoms with Gasteiger partial charge in [-0.1, -0.05) is 12.1 Å². The van der Waals surface area contributed by atoms with Gasteiger partial charge in [0.2, 0.25) is 17.7 Å². The van der Waals surface area contributed by atoms with Crippen LogP contribution in [0.2, 0.25) is 0 Å². The molecule has 8 heteroatoms. The minimum absolute atomic E-state index is 0.132. The zero-order valence-electron chi connectivity index (χ0n) is 15.3. The highest BCUT2D eigenvalue weighted by Crippen LogP contribution is 2.17. The van der Waals surface area contributed by atoms with E-state index in [9.17, 15) is 19.2 Å². The van der Waals surface area contributed by atoms with Gasteiger partial charge in [0.05, 0.1) is 6.54 Å². The fraction of sp³-hybridized carbons (Fsp3) is 0.300. The molecule has 1 saturated heterocycles. The second-order valence-electron chi connectivity index (χ2n) is 6.49. The average Bonchev–Trinajstić information content (AvgIpc) is 3.33. The third kappa shape index (κ3) is 5.26. The molecule has 1 fully saturated rings. The number of amides is 4. The Bertz CT molecular complexity index is 846. The van der Waals surface area contributed by atoms with Gasteiger partial charge in [-0.05, 0) is 35.6 Å². The Morgan fingerprint density at radius 2 is 1.75 bits per heavy atom. The minimum atomic E-state index is -0.145. The van der Waals surface area contributed by atoms with Crippen LogP contribution in [0.5, 0.6) is 0 Å². The zero-order chi connectivity index (χ0) is 19.9. The highest BCUT2D eigenvalue weighted by atomic mass is 32.1. The van der Waals surface area contributed by atoms with E-state index in [1.165, 1.54) is 16.2 Å². The Morgan fingerprint density at radius 3 is 2.39 bits per heavy atom. The largest absolute Gasteiger partial charge is 0.352 e. The van der Waals surface area contributed by atoms with Crippen molar-refractivity contribution in [2.75, 3.05) is 11.9 Å². The van der Waals surface area contributed by atoms with Crippen molar-refractivity contribution >= 4 is 40.7 Å². The summed E-state index contributed by atoms with van der Waals surface area (Å²) < 4.78 is 0. The predicted octanol–water partition coefficient (Wildman–Crippen LogP) is 2.55. The lowest BCUT2D eigenvalue weighted by Crippen LogP contribution is -2.28. The van der Waals surface area contributed by atoms with E-state index in [-0.39, 0.29) is 43.0 Å². The van der Waals surface area contributed by atoms with E-state index in [4.69, 9.17) is 0 Å². The Balaban J connectivity index is 1.39. The smallest absolute Gasteiger partial charge is 0.252 e. The number of carbonyl (C=O) groups excluding carboxylic acids is 4. The fourth-order valence-electron chi connectivity index (χ4n) is 2.85. The maximum absolute atomic E-state index is 12.0. The van der Waals surface area contributed by atoms with Gasteiger partial charge in [-0.15, -0.1) is 0 Å². The Labute approximate surface area is 166 Å². The molecule has 0 radical (unpaired) electrons. The van der Waals surface area contributed by atoms with Crippen LogP contribution in [0.25, 0.3) is 0 Å². The van der Waals surface area contributed by atoms with Crippen molar-refractivity contribution in [2.45, 2.75) is 32.2 Å². The number of thiophene rings is 1. The van der Waals surface area contributed by atoms with Crippen molar-refractivity contribution in [3.05, 3.63) is 52.2 Å². The summed E-state index contributed by atoms with van der Waals surface area (Å²) in [6.07, 6.45) is 1.39. The molecule has 1 aliphatic rings. The summed E-state index contributed by atoms with van der Waals surface area (Å²) >= 11 is 1.46. The molecule has 0 aliphatic carbocycles. The number of benzene rings is 1. The van der Waals surface area contributed by atoms with E-state index in [1.54, 1.807) is 35.7 Å². The number of hydrogen-bond acceptors (Lipinski definition) is 5. The van der Waals surface area contributed by atoms with Crippen molar-refractivity contribution in [3.63, 3.8) is 0 Å². The molecule has 0 spiro atoms. The van der Waals surface area contributed by atoms with Crippen LogP contribution < -0.4 is 10.6 Å². The quantitative estimate of drug-likeness (QED) is 0.527. The van der Waals surface area contributed by atoms with Crippen molar-refractivity contribution in [2.24, 2.45) is 0 Å². The molecule has 1 aliphatic heterocycles. The van der Waals surface area contributed by atoms with Gasteiger partial charge in [0.1, 0.15) is 0 Å². The maximum Gasteiger partial charge on any atom is 0.252 e. The molecule has 0 bridgehead atoms. The number of nitrogens with one attached hydrogen (secondary N) is 2. The predicted molar refractivity (Wildman–Crippen MR) is 106 cm³/mol. The Kier molecular flexibility index (Phi) is 6.54. The highest BCUT2D eigenvalue weighted by Gasteiger charge is 2.28. The molecule has 146 valence electrons. The molecule has 1 aromatic heterocycles. The SMILES string of the molecule is O=C(CCCNC(=O)c1ccsc1)Nc1ccc(CN2C(=O)CCC2=O)cc1. The molecule has 7 nitrogen and oxygen atoms in total. The summed E-state index contributed by atoms with van der Waals surface area (Å²) in [5.41, 5.74) is 2.11. The fourth-order valence-corrected chi connectivity index (χ4v) is 3.48. The molecule has 3 rings (SSSR count). The molecule has 28 heavy (non-hydrogen) atoms. The number of nitrogens with zero attached hydrogens (tertiary/aromatic N) is 1. The van der Waals surface area contributed by atoms with Gasteiger partial charge in [-0.3, -0.25) is 24.1 Å². The van der Waals surface area contributed by atoms with Crippen LogP contribution in [0, 0.1) is 0 Å². The standard InChI is InChI=1S/C20H21N3O4S/c24-17(2-1-10-21-20(27)15-9-11-28-13-15)22-16-5-3-14(4-6-16)12-23-18(25)7-8-19(23)26/h3-6,9,11,13H,1-2,7-8,10,12H2,(H,21,27)(H,22,24). The van der Waals surface area contributed by atoms with Crippen LogP contribution in [0.1, 0.15) is 41.6 Å². The molecular weight excluding hydrogens is 378 g/mol. The normalized spacial score (nSPS) is 13.6. The summed E-state index contributed by atoms with van der Waals surface area (Å²) in [6, 6.07) is 8.82. The molecule has 2 aromatic rings. The highest BCUT2D eigenvalue weighted by molar-refractivity contribution is 7.08. The van der Waals surface area contributed by atoms with Crippen LogP contribution in [0.4, 0.5) is 5.69 Å². The number of rotatable bonds is 8. The lowest BCUT2D eigenvalue weighted by atomic mass is 10.2. The Morgan fingerprint density at radius 1 is 1.04 bits per heavy atom. The molecule has 4 amide bonds. The van der Waals surface area contributed by atoms with Crippen LogP contribution in [0.15, 0.2) is 41.1 Å². The van der Waals surface area contributed by atoms with Crippen LogP contribution in [0.3, 0.4) is 0 Å². The number of carbonyl (C=O) groups is 4. The van der Waals surface area contributed by atoms with E-state index < -0.39 is 0 Å². The van der Waals surface area contributed by atoms with Crippen molar-refractivity contribution in [1.29, 1.82) is 0 Å². The van der Waals surface area contributed by atoms with Gasteiger partial charge in [0.25, 0.3) is 5.91 Å². The molecule has 0 unspecified atom stereocenters. The minimum Gasteiger partial charge on any atom is -0.352 e. The number of likely N-dealkylation sites (tertiary alicyclic amines) is 1. The third-order valence-corrected chi connectivity index (χ3v) is 5.07. The van der Waals surface area contributed by atoms with Gasteiger partial charge in [-0.25, -0.2) is 0 Å². The van der Waals surface area contributed by atoms with Gasteiger partial charge < -0.3 is 10.6 Å². The lowest BCUT2D eigenvalue weighted by Gasteiger charge is -2.14. The van der Waals surface area contributed by atoms with Gasteiger partial charge in [-0.2, -0.15) is 11.3 Å². The van der Waals surface area contributed by atoms with Crippen LogP contribution in [-0.4, -0.2) is 35.1 Å². The summed E-state index contributed by atoms with van der Waals surface area (Å²) in [5, 5.41) is 9.20. The first-order valence-electron chi connectivity index (χ1n) is 9.05. The van der Waals surface area contributed by atoms with Gasteiger partial charge in [0.15, 0.2) is 0 Å². The first kappa shape index (κ1) is 19.8. The monoisotopic (exact) mass is 399 g/mol. The topological polar surface area (TPSA) is 95.6 Å². The molecule has 0 saturated carbocycles. The number of imide groups is 1. The van der Waals surface area contributed by atoms with Crippen molar-refractivity contribution < 1.29 is 19.2 Å². The van der Waals surface area contributed by atoms with Gasteiger partial charge >= 0.3 is 0 Å². The molecular formula is C20H21N3O4S. The van der Waals surface area contributed by atoms with Crippen molar-refractivity contribution in [1.82, 2.24) is 10.2 Å². The average molecular weight is 399 g/mol. The van der Waals surface area contributed by atoms with Crippen LogP contribution >= 0.6 is 11.3 Å². The van der Waals surface area contributed by atoms with E-state index in [1.807, 2.05) is 5.38 Å². The van der Waals surface area contributed by atoms with E-state index in [0.29, 0.717) is 30.6 Å². The zero-order valence-corrected chi connectivity index (χ0v) is 16.1. The van der Waals surface area contributed by atoms with Gasteiger partial charge in [0, 0.05) is 42.4 Å². The summed E-state index contributed by atoms with van der Waals surface area (Å²) in [4.78, 5) is 48.4. The lowest BCUT2D eigenvalue weighted by molar-refractivity contribution is -0.139. The third-order valence-electron chi connectivity index (χ3n) is 4.38. The van der Waals surface area contributed by atoms with E-state index in [2.05, 4.69) is 10.6 Å². The van der Waals surface area contributed by atoms with Crippen LogP contribution in [-0.2, 0) is 20.9 Å². The molecule has 0 atom stereocenters.